The summed E-state index contributed by atoms with van der Waals surface area (Å²) in [5, 5.41) is 0. The molecule has 13 heavy (non-hydrogen) atoms. The highest BCUT2D eigenvalue weighted by atomic mass is 16.5. The molecule has 0 unspecified atom stereocenters. The molecule has 0 saturated heterocycles. The minimum absolute atomic E-state index is 0.397. The van der Waals surface area contributed by atoms with Gasteiger partial charge in [0.15, 0.2) is 0 Å². The van der Waals surface area contributed by atoms with Crippen molar-refractivity contribution in [1.82, 2.24) is 4.98 Å². The number of fused-ring (bicyclic) bond motifs is 1. The average molecular weight is 179 g/mol. The van der Waals surface area contributed by atoms with Crippen LogP contribution in [0.15, 0.2) is 12.4 Å². The molecule has 0 atom stereocenters. The normalized spacial score (nSPS) is 13.3. The number of hydrogen-bond donors (Lipinski definition) is 0. The molecule has 1 aliphatic rings. The van der Waals surface area contributed by atoms with Gasteiger partial charge < -0.3 is 9.47 Å². The zero-order chi connectivity index (χ0) is 9.26. The molecule has 1 aromatic heterocycles. The predicted octanol–water partition coefficient (Wildman–Crippen LogP) is 0.803. The molecule has 0 fully saturated rings. The predicted molar refractivity (Wildman–Crippen MR) is 44.8 cm³/mol. The van der Waals surface area contributed by atoms with Crippen LogP contribution >= 0.6 is 0 Å². The van der Waals surface area contributed by atoms with Crippen LogP contribution in [0.2, 0.25) is 0 Å². The van der Waals surface area contributed by atoms with Gasteiger partial charge in [-0.1, -0.05) is 0 Å². The summed E-state index contributed by atoms with van der Waals surface area (Å²) in [6.45, 7) is 0.616. The molecule has 0 saturated carbocycles. The van der Waals surface area contributed by atoms with Crippen LogP contribution in [0.1, 0.15) is 15.9 Å². The van der Waals surface area contributed by atoms with E-state index in [0.717, 1.165) is 12.0 Å². The van der Waals surface area contributed by atoms with Crippen molar-refractivity contribution in [1.29, 1.82) is 0 Å². The van der Waals surface area contributed by atoms with E-state index in [-0.39, 0.29) is 0 Å². The van der Waals surface area contributed by atoms with Crippen molar-refractivity contribution in [2.45, 2.75) is 6.42 Å². The van der Waals surface area contributed by atoms with Gasteiger partial charge in [-0.2, -0.15) is 0 Å². The SMILES string of the molecule is COC(=O)c1cncc2c1OCC2. The summed E-state index contributed by atoms with van der Waals surface area (Å²) < 4.78 is 9.91. The zero-order valence-corrected chi connectivity index (χ0v) is 7.24. The fraction of sp³-hybridized carbons (Fsp3) is 0.333. The number of nitrogens with zero attached hydrogens (tertiary/aromatic N) is 1. The first-order valence-electron chi connectivity index (χ1n) is 4.01. The van der Waals surface area contributed by atoms with Crippen LogP contribution in [0.5, 0.6) is 5.75 Å². The van der Waals surface area contributed by atoms with Crippen LogP contribution in [0, 0.1) is 0 Å². The Morgan fingerprint density at radius 3 is 3.23 bits per heavy atom. The van der Waals surface area contributed by atoms with Crippen LogP contribution < -0.4 is 4.74 Å². The summed E-state index contributed by atoms with van der Waals surface area (Å²) >= 11 is 0. The molecule has 0 aliphatic carbocycles. The van der Waals surface area contributed by atoms with Gasteiger partial charge in [0, 0.05) is 24.4 Å². The molecule has 0 N–H and O–H groups in total. The molecular weight excluding hydrogens is 170 g/mol. The van der Waals surface area contributed by atoms with Crippen molar-refractivity contribution in [2.75, 3.05) is 13.7 Å². The van der Waals surface area contributed by atoms with E-state index in [1.807, 2.05) is 0 Å². The monoisotopic (exact) mass is 179 g/mol. The number of pyridine rings is 1. The summed E-state index contributed by atoms with van der Waals surface area (Å²) in [6.07, 6.45) is 4.00. The van der Waals surface area contributed by atoms with Crippen LogP contribution in [0.4, 0.5) is 0 Å². The summed E-state index contributed by atoms with van der Waals surface area (Å²) in [7, 11) is 1.34. The molecule has 68 valence electrons. The third-order valence-corrected chi connectivity index (χ3v) is 1.99. The molecule has 0 bridgehead atoms. The number of carbonyl (C=O) groups is 1. The molecule has 0 aromatic carbocycles. The lowest BCUT2D eigenvalue weighted by Crippen LogP contribution is -2.04. The second-order valence-electron chi connectivity index (χ2n) is 2.77. The first-order chi connectivity index (χ1) is 6.33. The summed E-state index contributed by atoms with van der Waals surface area (Å²) in [5.74, 6) is 0.230. The highest BCUT2D eigenvalue weighted by Gasteiger charge is 2.21. The van der Waals surface area contributed by atoms with Gasteiger partial charge in [-0.3, -0.25) is 4.98 Å². The maximum Gasteiger partial charge on any atom is 0.343 e. The summed E-state index contributed by atoms with van der Waals surface area (Å²) in [5.41, 5.74) is 1.39. The quantitative estimate of drug-likeness (QED) is 0.598. The minimum atomic E-state index is -0.397. The van der Waals surface area contributed by atoms with Crippen LogP contribution in [-0.4, -0.2) is 24.7 Å². The van der Waals surface area contributed by atoms with Crippen molar-refractivity contribution < 1.29 is 14.3 Å². The highest BCUT2D eigenvalue weighted by molar-refractivity contribution is 5.92. The zero-order valence-electron chi connectivity index (χ0n) is 7.24. The molecule has 0 amide bonds. The van der Waals surface area contributed by atoms with Crippen molar-refractivity contribution in [3.05, 3.63) is 23.5 Å². The molecular formula is C9H9NO3. The van der Waals surface area contributed by atoms with Gasteiger partial charge in [0.05, 0.1) is 13.7 Å². The second kappa shape index (κ2) is 3.05. The van der Waals surface area contributed by atoms with E-state index in [1.165, 1.54) is 13.3 Å². The standard InChI is InChI=1S/C9H9NO3/c1-12-9(11)7-5-10-4-6-2-3-13-8(6)7/h4-5H,2-3H2,1H3. The molecule has 2 heterocycles. The van der Waals surface area contributed by atoms with E-state index < -0.39 is 5.97 Å². The summed E-state index contributed by atoms with van der Waals surface area (Å²) in [4.78, 5) is 15.2. The third kappa shape index (κ3) is 1.24. The molecule has 4 heteroatoms. The van der Waals surface area contributed by atoms with Gasteiger partial charge in [0.2, 0.25) is 0 Å². The Labute approximate surface area is 75.5 Å². The lowest BCUT2D eigenvalue weighted by Gasteiger charge is -2.04. The fourth-order valence-electron chi connectivity index (χ4n) is 1.36. The minimum Gasteiger partial charge on any atom is -0.492 e. The Morgan fingerprint density at radius 1 is 1.62 bits per heavy atom. The van der Waals surface area contributed by atoms with Gasteiger partial charge in [-0.05, 0) is 0 Å². The van der Waals surface area contributed by atoms with Gasteiger partial charge in [-0.15, -0.1) is 0 Å². The molecule has 0 spiro atoms. The number of aromatic nitrogens is 1. The van der Waals surface area contributed by atoms with E-state index in [9.17, 15) is 4.79 Å². The maximum atomic E-state index is 11.2. The van der Waals surface area contributed by atoms with E-state index in [4.69, 9.17) is 4.74 Å². The Bertz CT molecular complexity index is 349. The van der Waals surface area contributed by atoms with Crippen molar-refractivity contribution in [3.8, 4) is 5.75 Å². The average Bonchev–Trinajstić information content (AvgIpc) is 2.63. The number of rotatable bonds is 1. The lowest BCUT2D eigenvalue weighted by molar-refractivity contribution is 0.0596. The molecule has 1 aliphatic heterocycles. The van der Waals surface area contributed by atoms with E-state index in [0.29, 0.717) is 17.9 Å². The molecule has 2 rings (SSSR count). The Hall–Kier alpha value is -1.58. The number of methoxy groups -OCH3 is 1. The molecule has 4 nitrogen and oxygen atoms in total. The lowest BCUT2D eigenvalue weighted by atomic mass is 10.1. The highest BCUT2D eigenvalue weighted by Crippen LogP contribution is 2.28. The first kappa shape index (κ1) is 8.04. The van der Waals surface area contributed by atoms with E-state index >= 15 is 0 Å². The number of ether oxygens (including phenoxy) is 2. The van der Waals surface area contributed by atoms with Crippen molar-refractivity contribution >= 4 is 5.97 Å². The van der Waals surface area contributed by atoms with Crippen molar-refractivity contribution in [2.24, 2.45) is 0 Å². The molecule has 1 aromatic rings. The number of esters is 1. The summed E-state index contributed by atoms with van der Waals surface area (Å²) in [6, 6.07) is 0. The van der Waals surface area contributed by atoms with E-state index in [1.54, 1.807) is 6.20 Å². The van der Waals surface area contributed by atoms with Crippen LogP contribution in [0.3, 0.4) is 0 Å². The van der Waals surface area contributed by atoms with E-state index in [2.05, 4.69) is 9.72 Å². The number of hydrogen-bond acceptors (Lipinski definition) is 4. The number of carbonyl (C=O) groups excluding carboxylic acids is 1. The Kier molecular flexibility index (Phi) is 1.88. The van der Waals surface area contributed by atoms with Crippen molar-refractivity contribution in [3.63, 3.8) is 0 Å². The second-order valence-corrected chi connectivity index (χ2v) is 2.77. The van der Waals surface area contributed by atoms with Gasteiger partial charge in [0.25, 0.3) is 0 Å². The maximum absolute atomic E-state index is 11.2. The Morgan fingerprint density at radius 2 is 2.46 bits per heavy atom. The molecule has 0 radical (unpaired) electrons. The van der Waals surface area contributed by atoms with Gasteiger partial charge in [-0.25, -0.2) is 4.79 Å². The van der Waals surface area contributed by atoms with Crippen LogP contribution in [-0.2, 0) is 11.2 Å². The largest absolute Gasteiger partial charge is 0.492 e. The third-order valence-electron chi connectivity index (χ3n) is 1.99. The first-order valence-corrected chi connectivity index (χ1v) is 4.01. The van der Waals surface area contributed by atoms with Gasteiger partial charge >= 0.3 is 5.97 Å². The Balaban J connectivity index is 2.47. The smallest absolute Gasteiger partial charge is 0.343 e. The fourth-order valence-corrected chi connectivity index (χ4v) is 1.36. The topological polar surface area (TPSA) is 48.4 Å². The van der Waals surface area contributed by atoms with Gasteiger partial charge in [0.1, 0.15) is 11.3 Å². The van der Waals surface area contributed by atoms with Crippen LogP contribution in [0.25, 0.3) is 0 Å².